The fourth-order valence-electron chi connectivity index (χ4n) is 4.21. The maximum absolute atomic E-state index is 10.5. The number of benzene rings is 3. The Balaban J connectivity index is 2.02. The van der Waals surface area contributed by atoms with Gasteiger partial charge in [-0.15, -0.1) is 0 Å². The summed E-state index contributed by atoms with van der Waals surface area (Å²) in [4.78, 5) is 0. The molecule has 0 aliphatic carbocycles. The first-order valence-electron chi connectivity index (χ1n) is 12.8. The first-order valence-corrected chi connectivity index (χ1v) is 12.8. The lowest BCUT2D eigenvalue weighted by molar-refractivity contribution is 0.102. The summed E-state index contributed by atoms with van der Waals surface area (Å²) in [6.45, 7) is 18.2. The Bertz CT molecular complexity index is 1120. The van der Waals surface area contributed by atoms with Gasteiger partial charge < -0.3 is 15.2 Å². The average Bonchev–Trinajstić information content (AvgIpc) is 2.78. The van der Waals surface area contributed by atoms with Crippen molar-refractivity contribution in [2.45, 2.75) is 78.4 Å². The summed E-state index contributed by atoms with van der Waals surface area (Å²) in [5.41, 5.74) is 4.46. The third-order valence-corrected chi connectivity index (χ3v) is 6.19. The molecule has 0 amide bonds. The van der Waals surface area contributed by atoms with Gasteiger partial charge in [-0.1, -0.05) is 110 Å². The second-order valence-corrected chi connectivity index (χ2v) is 11.9. The minimum atomic E-state index is -0.566. The van der Waals surface area contributed by atoms with E-state index in [4.69, 9.17) is 4.74 Å². The minimum absolute atomic E-state index is 0.111. The lowest BCUT2D eigenvalue weighted by atomic mass is 9.78. The zero-order valence-electron chi connectivity index (χ0n) is 22.8. The highest BCUT2D eigenvalue weighted by Gasteiger charge is 2.28. The van der Waals surface area contributed by atoms with E-state index in [-0.39, 0.29) is 17.4 Å². The molecule has 1 unspecified atom stereocenters. The SMILES string of the molecule is CC(C)NCC(O)COc1c(C(C)(C)C)cc(/C=C/c2cccc3ccccc23)cc1C(C)(C)C. The van der Waals surface area contributed by atoms with Crippen LogP contribution in [0.1, 0.15) is 77.6 Å². The highest BCUT2D eigenvalue weighted by molar-refractivity contribution is 5.92. The maximum Gasteiger partial charge on any atom is 0.126 e. The molecule has 0 aliphatic heterocycles. The smallest absolute Gasteiger partial charge is 0.126 e. The summed E-state index contributed by atoms with van der Waals surface area (Å²) < 4.78 is 6.38. The van der Waals surface area contributed by atoms with Crippen LogP contribution in [-0.2, 0) is 10.8 Å². The van der Waals surface area contributed by atoms with Crippen molar-refractivity contribution >= 4 is 22.9 Å². The average molecular weight is 474 g/mol. The van der Waals surface area contributed by atoms with E-state index in [2.05, 4.69) is 127 Å². The minimum Gasteiger partial charge on any atom is -0.490 e. The maximum atomic E-state index is 10.5. The second-order valence-electron chi connectivity index (χ2n) is 11.9. The fourth-order valence-corrected chi connectivity index (χ4v) is 4.21. The molecule has 3 aromatic carbocycles. The number of ether oxygens (including phenoxy) is 1. The largest absolute Gasteiger partial charge is 0.490 e. The summed E-state index contributed by atoms with van der Waals surface area (Å²) in [5, 5.41) is 16.3. The molecule has 0 bridgehead atoms. The van der Waals surface area contributed by atoms with Crippen LogP contribution in [0, 0.1) is 0 Å². The van der Waals surface area contributed by atoms with E-state index in [0.717, 1.165) is 22.4 Å². The lowest BCUT2D eigenvalue weighted by Gasteiger charge is -2.31. The van der Waals surface area contributed by atoms with E-state index >= 15 is 0 Å². The van der Waals surface area contributed by atoms with Crippen LogP contribution >= 0.6 is 0 Å². The van der Waals surface area contributed by atoms with Crippen molar-refractivity contribution in [3.8, 4) is 5.75 Å². The van der Waals surface area contributed by atoms with Gasteiger partial charge in [-0.25, -0.2) is 0 Å². The van der Waals surface area contributed by atoms with Gasteiger partial charge in [0.2, 0.25) is 0 Å². The molecular formula is C32H43NO2. The summed E-state index contributed by atoms with van der Waals surface area (Å²) in [5.74, 6) is 0.899. The number of hydrogen-bond donors (Lipinski definition) is 2. The van der Waals surface area contributed by atoms with Gasteiger partial charge in [-0.2, -0.15) is 0 Å². The van der Waals surface area contributed by atoms with Gasteiger partial charge in [-0.05, 0) is 44.9 Å². The zero-order chi connectivity index (χ0) is 25.8. The Labute approximate surface area is 212 Å². The molecule has 0 fully saturated rings. The van der Waals surface area contributed by atoms with Crippen LogP contribution in [0.25, 0.3) is 22.9 Å². The van der Waals surface area contributed by atoms with Crippen LogP contribution in [-0.4, -0.2) is 30.4 Å². The summed E-state index contributed by atoms with van der Waals surface area (Å²) in [6.07, 6.45) is 3.85. The zero-order valence-corrected chi connectivity index (χ0v) is 22.8. The summed E-state index contributed by atoms with van der Waals surface area (Å²) in [7, 11) is 0. The first-order chi connectivity index (χ1) is 16.4. The third kappa shape index (κ3) is 7.19. The Kier molecular flexibility index (Phi) is 8.46. The van der Waals surface area contributed by atoms with E-state index in [1.807, 2.05) is 0 Å². The molecule has 1 atom stereocenters. The normalized spacial score (nSPS) is 13.7. The van der Waals surface area contributed by atoms with Crippen molar-refractivity contribution in [3.63, 3.8) is 0 Å². The van der Waals surface area contributed by atoms with E-state index in [0.29, 0.717) is 12.6 Å². The standard InChI is InChI=1S/C32H43NO2/c1-22(2)33-20-26(34)21-35-30-28(31(3,4)5)18-23(19-29(30)32(6,7)8)16-17-25-14-11-13-24-12-9-10-15-27(24)25/h9-19,22,26,33-34H,20-21H2,1-8H3/b17-16+. The van der Waals surface area contributed by atoms with Gasteiger partial charge in [0.1, 0.15) is 18.5 Å². The van der Waals surface area contributed by atoms with Crippen LogP contribution in [0.4, 0.5) is 0 Å². The third-order valence-electron chi connectivity index (χ3n) is 6.19. The summed E-state index contributed by atoms with van der Waals surface area (Å²) >= 11 is 0. The van der Waals surface area contributed by atoms with Crippen molar-refractivity contribution in [2.24, 2.45) is 0 Å². The Morgan fingerprint density at radius 1 is 0.857 bits per heavy atom. The van der Waals surface area contributed by atoms with Crippen molar-refractivity contribution < 1.29 is 9.84 Å². The van der Waals surface area contributed by atoms with E-state index in [9.17, 15) is 5.11 Å². The van der Waals surface area contributed by atoms with Crippen LogP contribution in [0.15, 0.2) is 54.6 Å². The van der Waals surface area contributed by atoms with Crippen LogP contribution in [0.2, 0.25) is 0 Å². The lowest BCUT2D eigenvalue weighted by Crippen LogP contribution is -2.35. The van der Waals surface area contributed by atoms with Gasteiger partial charge in [0, 0.05) is 23.7 Å². The number of nitrogens with one attached hydrogen (secondary N) is 1. The van der Waals surface area contributed by atoms with Crippen LogP contribution in [0.3, 0.4) is 0 Å². The van der Waals surface area contributed by atoms with E-state index < -0.39 is 6.10 Å². The number of hydrogen-bond acceptors (Lipinski definition) is 3. The van der Waals surface area contributed by atoms with Crippen molar-refractivity contribution in [1.29, 1.82) is 0 Å². The molecule has 0 radical (unpaired) electrons. The van der Waals surface area contributed by atoms with Gasteiger partial charge in [-0.3, -0.25) is 0 Å². The predicted octanol–water partition coefficient (Wildman–Crippen LogP) is 7.34. The van der Waals surface area contributed by atoms with Gasteiger partial charge >= 0.3 is 0 Å². The quantitative estimate of drug-likeness (QED) is 0.336. The number of aliphatic hydroxyl groups is 1. The second kappa shape index (κ2) is 11.0. The van der Waals surface area contributed by atoms with Crippen LogP contribution in [0.5, 0.6) is 5.75 Å². The Hall–Kier alpha value is -2.62. The molecular weight excluding hydrogens is 430 g/mol. The van der Waals surface area contributed by atoms with Crippen molar-refractivity contribution in [3.05, 3.63) is 76.9 Å². The van der Waals surface area contributed by atoms with Crippen LogP contribution < -0.4 is 10.1 Å². The molecule has 188 valence electrons. The van der Waals surface area contributed by atoms with Gasteiger partial charge in [0.05, 0.1) is 0 Å². The number of fused-ring (bicyclic) bond motifs is 1. The van der Waals surface area contributed by atoms with Crippen molar-refractivity contribution in [1.82, 2.24) is 5.32 Å². The fraction of sp³-hybridized carbons (Fsp3) is 0.438. The predicted molar refractivity (Wildman–Crippen MR) is 151 cm³/mol. The van der Waals surface area contributed by atoms with Crippen molar-refractivity contribution in [2.75, 3.05) is 13.2 Å². The molecule has 0 spiro atoms. The monoisotopic (exact) mass is 473 g/mol. The molecule has 3 nitrogen and oxygen atoms in total. The highest BCUT2D eigenvalue weighted by atomic mass is 16.5. The molecule has 3 heteroatoms. The Morgan fingerprint density at radius 3 is 2.06 bits per heavy atom. The van der Waals surface area contributed by atoms with Gasteiger partial charge in [0.15, 0.2) is 0 Å². The number of aliphatic hydroxyl groups excluding tert-OH is 1. The highest BCUT2D eigenvalue weighted by Crippen LogP contribution is 2.41. The topological polar surface area (TPSA) is 41.5 Å². The van der Waals surface area contributed by atoms with E-state index in [1.165, 1.54) is 16.3 Å². The molecule has 0 saturated heterocycles. The molecule has 0 heterocycles. The first kappa shape index (κ1) is 27.0. The molecule has 0 saturated carbocycles. The molecule has 0 aromatic heterocycles. The molecule has 3 aromatic rings. The summed E-state index contributed by atoms with van der Waals surface area (Å²) in [6, 6.07) is 19.7. The molecule has 35 heavy (non-hydrogen) atoms. The van der Waals surface area contributed by atoms with E-state index in [1.54, 1.807) is 0 Å². The van der Waals surface area contributed by atoms with Gasteiger partial charge in [0.25, 0.3) is 0 Å². The molecule has 3 rings (SSSR count). The number of rotatable bonds is 8. The molecule has 0 aliphatic rings. The molecule has 2 N–H and O–H groups in total. The Morgan fingerprint density at radius 2 is 1.46 bits per heavy atom.